The van der Waals surface area contributed by atoms with Crippen molar-refractivity contribution in [2.24, 2.45) is 5.84 Å². The first-order chi connectivity index (χ1) is 7.49. The van der Waals surface area contributed by atoms with E-state index < -0.39 is 5.92 Å². The van der Waals surface area contributed by atoms with Crippen LogP contribution >= 0.6 is 31.9 Å². The zero-order chi connectivity index (χ0) is 11.9. The molecule has 1 fully saturated rings. The summed E-state index contributed by atoms with van der Waals surface area (Å²) in [5.74, 6) is 4.18. The van der Waals surface area contributed by atoms with E-state index in [0.717, 1.165) is 14.5 Å². The van der Waals surface area contributed by atoms with Crippen LogP contribution in [0.1, 0.15) is 17.9 Å². The first-order valence-electron chi connectivity index (χ1n) is 4.56. The molecule has 2 amide bonds. The Morgan fingerprint density at radius 3 is 2.19 bits per heavy atom. The summed E-state index contributed by atoms with van der Waals surface area (Å²) < 4.78 is 1.71. The van der Waals surface area contributed by atoms with Crippen LogP contribution in [0, 0.1) is 0 Å². The van der Waals surface area contributed by atoms with Gasteiger partial charge < -0.3 is 0 Å². The molecule has 1 atom stereocenters. The number of imide groups is 1. The lowest BCUT2D eigenvalue weighted by Crippen LogP contribution is -2.36. The van der Waals surface area contributed by atoms with Crippen molar-refractivity contribution in [3.8, 4) is 0 Å². The van der Waals surface area contributed by atoms with Crippen LogP contribution in [0.15, 0.2) is 27.1 Å². The molecule has 1 aromatic carbocycles. The smallest absolute Gasteiger partial charge is 0.251 e. The maximum Gasteiger partial charge on any atom is 0.251 e. The van der Waals surface area contributed by atoms with E-state index in [9.17, 15) is 9.59 Å². The summed E-state index contributed by atoms with van der Waals surface area (Å²) in [4.78, 5) is 23.0. The van der Waals surface area contributed by atoms with E-state index in [1.165, 1.54) is 0 Å². The second kappa shape index (κ2) is 4.27. The Hall–Kier alpha value is -0.720. The predicted molar refractivity (Wildman–Crippen MR) is 65.2 cm³/mol. The Kier molecular flexibility index (Phi) is 3.14. The van der Waals surface area contributed by atoms with E-state index in [1.807, 2.05) is 18.2 Å². The van der Waals surface area contributed by atoms with Crippen LogP contribution < -0.4 is 5.84 Å². The molecule has 16 heavy (non-hydrogen) atoms. The standard InChI is InChI=1S/C10H8Br2N2O2/c11-6-1-5(2-7(12)3-6)8-4-9(15)14(13)10(8)16/h1-3,8H,4,13H2. The van der Waals surface area contributed by atoms with Crippen LogP contribution in [0.4, 0.5) is 0 Å². The number of hydrogen-bond acceptors (Lipinski definition) is 3. The first-order valence-corrected chi connectivity index (χ1v) is 6.15. The summed E-state index contributed by atoms with van der Waals surface area (Å²) >= 11 is 6.68. The monoisotopic (exact) mass is 346 g/mol. The molecule has 6 heteroatoms. The van der Waals surface area contributed by atoms with Crippen molar-refractivity contribution in [2.45, 2.75) is 12.3 Å². The van der Waals surface area contributed by atoms with Crippen LogP contribution in [-0.2, 0) is 9.59 Å². The van der Waals surface area contributed by atoms with Crippen molar-refractivity contribution >= 4 is 43.7 Å². The third kappa shape index (κ3) is 2.05. The van der Waals surface area contributed by atoms with Gasteiger partial charge in [0.15, 0.2) is 0 Å². The molecule has 1 heterocycles. The summed E-state index contributed by atoms with van der Waals surface area (Å²) in [5, 5.41) is 0.694. The van der Waals surface area contributed by atoms with Gasteiger partial charge in [0.2, 0.25) is 5.91 Å². The number of amides is 2. The fourth-order valence-corrected chi connectivity index (χ4v) is 3.02. The van der Waals surface area contributed by atoms with Gasteiger partial charge in [0.25, 0.3) is 5.91 Å². The molecule has 0 bridgehead atoms. The third-order valence-electron chi connectivity index (χ3n) is 2.47. The van der Waals surface area contributed by atoms with E-state index in [1.54, 1.807) is 0 Å². The molecule has 0 aromatic heterocycles. The second-order valence-corrected chi connectivity index (χ2v) is 5.39. The Bertz CT molecular complexity index is 456. The molecule has 0 spiro atoms. The van der Waals surface area contributed by atoms with Crippen molar-refractivity contribution < 1.29 is 9.59 Å². The van der Waals surface area contributed by atoms with E-state index in [2.05, 4.69) is 31.9 Å². The molecule has 4 nitrogen and oxygen atoms in total. The van der Waals surface area contributed by atoms with Gasteiger partial charge in [0.1, 0.15) is 0 Å². The average molecular weight is 348 g/mol. The molecule has 0 aliphatic carbocycles. The van der Waals surface area contributed by atoms with Crippen molar-refractivity contribution in [2.75, 3.05) is 0 Å². The lowest BCUT2D eigenvalue weighted by atomic mass is 9.98. The minimum absolute atomic E-state index is 0.137. The lowest BCUT2D eigenvalue weighted by molar-refractivity contribution is -0.139. The number of halogens is 2. The molecular weight excluding hydrogens is 340 g/mol. The van der Waals surface area contributed by atoms with E-state index in [-0.39, 0.29) is 18.2 Å². The van der Waals surface area contributed by atoms with E-state index in [4.69, 9.17) is 5.84 Å². The van der Waals surface area contributed by atoms with Gasteiger partial charge in [-0.15, -0.1) is 0 Å². The number of carbonyl (C=O) groups is 2. The van der Waals surface area contributed by atoms with Crippen molar-refractivity contribution in [3.63, 3.8) is 0 Å². The molecule has 0 saturated carbocycles. The van der Waals surface area contributed by atoms with Crippen LogP contribution in [0.3, 0.4) is 0 Å². The highest BCUT2D eigenvalue weighted by Gasteiger charge is 2.37. The number of carbonyl (C=O) groups excluding carboxylic acids is 2. The summed E-state index contributed by atoms with van der Waals surface area (Å²) in [6.45, 7) is 0. The van der Waals surface area contributed by atoms with Crippen molar-refractivity contribution in [1.82, 2.24) is 5.01 Å². The average Bonchev–Trinajstić information content (AvgIpc) is 2.44. The fourth-order valence-electron chi connectivity index (χ4n) is 1.69. The Labute approximate surface area is 109 Å². The molecule has 2 rings (SSSR count). The molecule has 2 N–H and O–H groups in total. The summed E-state index contributed by atoms with van der Waals surface area (Å²) in [6, 6.07) is 5.50. The highest BCUT2D eigenvalue weighted by atomic mass is 79.9. The van der Waals surface area contributed by atoms with Crippen LogP contribution in [-0.4, -0.2) is 16.8 Å². The molecule has 1 saturated heterocycles. The maximum absolute atomic E-state index is 11.7. The molecule has 1 unspecified atom stereocenters. The van der Waals surface area contributed by atoms with Gasteiger partial charge in [0, 0.05) is 15.4 Å². The predicted octanol–water partition coefficient (Wildman–Crippen LogP) is 1.93. The Morgan fingerprint density at radius 2 is 1.75 bits per heavy atom. The summed E-state index contributed by atoms with van der Waals surface area (Å²) in [5.41, 5.74) is 0.785. The van der Waals surface area contributed by atoms with Gasteiger partial charge in [0.05, 0.1) is 5.92 Å². The normalized spacial score (nSPS) is 20.7. The molecule has 0 radical (unpaired) electrons. The first kappa shape index (κ1) is 11.8. The van der Waals surface area contributed by atoms with Crippen LogP contribution in [0.25, 0.3) is 0 Å². The Balaban J connectivity index is 2.38. The van der Waals surface area contributed by atoms with Gasteiger partial charge >= 0.3 is 0 Å². The number of nitrogens with two attached hydrogens (primary N) is 1. The minimum Gasteiger partial charge on any atom is -0.273 e. The van der Waals surface area contributed by atoms with Crippen molar-refractivity contribution in [1.29, 1.82) is 0 Å². The van der Waals surface area contributed by atoms with Gasteiger partial charge in [-0.25, -0.2) is 10.9 Å². The van der Waals surface area contributed by atoms with E-state index >= 15 is 0 Å². The van der Waals surface area contributed by atoms with Crippen molar-refractivity contribution in [3.05, 3.63) is 32.7 Å². The molecule has 84 valence electrons. The van der Waals surface area contributed by atoms with Crippen LogP contribution in [0.2, 0.25) is 0 Å². The summed E-state index contributed by atoms with van der Waals surface area (Å²) in [6.07, 6.45) is 0.137. The zero-order valence-electron chi connectivity index (χ0n) is 8.11. The maximum atomic E-state index is 11.7. The van der Waals surface area contributed by atoms with Gasteiger partial charge in [-0.2, -0.15) is 0 Å². The molecule has 1 aliphatic heterocycles. The van der Waals surface area contributed by atoms with Crippen LogP contribution in [0.5, 0.6) is 0 Å². The Morgan fingerprint density at radius 1 is 1.19 bits per heavy atom. The highest BCUT2D eigenvalue weighted by molar-refractivity contribution is 9.11. The second-order valence-electron chi connectivity index (χ2n) is 3.56. The number of benzene rings is 1. The SMILES string of the molecule is NN1C(=O)CC(c2cc(Br)cc(Br)c2)C1=O. The fraction of sp³-hybridized carbons (Fsp3) is 0.200. The number of hydrazine groups is 1. The molecule has 1 aromatic rings. The van der Waals surface area contributed by atoms with Gasteiger partial charge in [-0.1, -0.05) is 31.9 Å². The molecular formula is C10H8Br2N2O2. The minimum atomic E-state index is -0.466. The third-order valence-corrected chi connectivity index (χ3v) is 3.39. The summed E-state index contributed by atoms with van der Waals surface area (Å²) in [7, 11) is 0. The molecule has 1 aliphatic rings. The zero-order valence-corrected chi connectivity index (χ0v) is 11.3. The lowest BCUT2D eigenvalue weighted by Gasteiger charge is -2.09. The van der Waals surface area contributed by atoms with Gasteiger partial charge in [-0.05, 0) is 23.8 Å². The largest absolute Gasteiger partial charge is 0.273 e. The van der Waals surface area contributed by atoms with Gasteiger partial charge in [-0.3, -0.25) is 9.59 Å². The number of nitrogens with zero attached hydrogens (tertiary/aromatic N) is 1. The number of rotatable bonds is 1. The highest BCUT2D eigenvalue weighted by Crippen LogP contribution is 2.31. The number of hydrogen-bond donors (Lipinski definition) is 1. The van der Waals surface area contributed by atoms with E-state index in [0.29, 0.717) is 5.01 Å². The topological polar surface area (TPSA) is 63.4 Å². The quantitative estimate of drug-likeness (QED) is 0.479.